The molecule has 174 valence electrons. The van der Waals surface area contributed by atoms with Gasteiger partial charge in [-0.1, -0.05) is 81.1 Å². The predicted molar refractivity (Wildman–Crippen MR) is 139 cm³/mol. The summed E-state index contributed by atoms with van der Waals surface area (Å²) in [5.74, 6) is 0.627. The van der Waals surface area contributed by atoms with Crippen molar-refractivity contribution in [3.63, 3.8) is 0 Å². The fourth-order valence-electron chi connectivity index (χ4n) is 5.27. The third-order valence-electron chi connectivity index (χ3n) is 6.80. The molecule has 0 bridgehead atoms. The van der Waals surface area contributed by atoms with Gasteiger partial charge in [0.1, 0.15) is 0 Å². The van der Waals surface area contributed by atoms with Crippen LogP contribution in [0.4, 0.5) is 0 Å². The average molecular weight is 471 g/mol. The molecule has 1 fully saturated rings. The Morgan fingerprint density at radius 3 is 2.50 bits per heavy atom. The van der Waals surface area contributed by atoms with Crippen molar-refractivity contribution >= 4 is 34.4 Å². The summed E-state index contributed by atoms with van der Waals surface area (Å²) in [7, 11) is 0. The number of hydrogen-bond acceptors (Lipinski definition) is 4. The third kappa shape index (κ3) is 5.99. The Bertz CT molecular complexity index is 903. The van der Waals surface area contributed by atoms with Gasteiger partial charge in [0, 0.05) is 22.0 Å². The maximum atomic E-state index is 13.5. The van der Waals surface area contributed by atoms with E-state index in [0.29, 0.717) is 17.5 Å². The SMILES string of the molecule is CC(C)=CCC[C@@H](C(=O)SC(C)(C)C)[C@H]1CCC2=C(Sc3ccccc3)C(=O)CC[C@@]21C. The van der Waals surface area contributed by atoms with Crippen LogP contribution in [0.2, 0.25) is 0 Å². The van der Waals surface area contributed by atoms with E-state index >= 15 is 0 Å². The summed E-state index contributed by atoms with van der Waals surface area (Å²) >= 11 is 3.14. The number of Topliss-reactive ketones (excluding diaryl/α,β-unsaturated/α-hetero) is 1. The van der Waals surface area contributed by atoms with Gasteiger partial charge < -0.3 is 0 Å². The summed E-state index contributed by atoms with van der Waals surface area (Å²) in [5.41, 5.74) is 2.56. The molecular weight excluding hydrogens is 432 g/mol. The number of thioether (sulfide) groups is 2. The van der Waals surface area contributed by atoms with Crippen molar-refractivity contribution in [3.8, 4) is 0 Å². The molecule has 2 nitrogen and oxygen atoms in total. The Balaban J connectivity index is 1.93. The number of carbonyl (C=O) groups is 2. The lowest BCUT2D eigenvalue weighted by Crippen LogP contribution is -2.37. The molecular formula is C28H38O2S2. The van der Waals surface area contributed by atoms with Gasteiger partial charge in [0.25, 0.3) is 0 Å². The largest absolute Gasteiger partial charge is 0.294 e. The van der Waals surface area contributed by atoms with E-state index in [9.17, 15) is 9.59 Å². The van der Waals surface area contributed by atoms with E-state index in [1.165, 1.54) is 22.9 Å². The molecule has 0 unspecified atom stereocenters. The van der Waals surface area contributed by atoms with E-state index in [0.717, 1.165) is 41.9 Å². The molecule has 4 heteroatoms. The van der Waals surface area contributed by atoms with E-state index in [1.807, 2.05) is 18.2 Å². The number of ketones is 1. The van der Waals surface area contributed by atoms with Crippen molar-refractivity contribution in [1.82, 2.24) is 0 Å². The van der Waals surface area contributed by atoms with Gasteiger partial charge in [-0.05, 0) is 75.0 Å². The molecule has 0 spiro atoms. The highest BCUT2D eigenvalue weighted by Gasteiger charge is 2.51. The Hall–Kier alpha value is -1.26. The fraction of sp³-hybridized carbons (Fsp3) is 0.571. The van der Waals surface area contributed by atoms with Crippen molar-refractivity contribution in [2.75, 3.05) is 0 Å². The quantitative estimate of drug-likeness (QED) is 0.376. The summed E-state index contributed by atoms with van der Waals surface area (Å²) in [6.45, 7) is 13.0. The van der Waals surface area contributed by atoms with Gasteiger partial charge in [0.15, 0.2) is 10.9 Å². The van der Waals surface area contributed by atoms with E-state index in [4.69, 9.17) is 0 Å². The normalized spacial score (nSPS) is 24.3. The zero-order chi connectivity index (χ0) is 23.5. The number of rotatable bonds is 7. The highest BCUT2D eigenvalue weighted by Crippen LogP contribution is 2.59. The molecule has 0 radical (unpaired) electrons. The van der Waals surface area contributed by atoms with Crippen LogP contribution in [0.15, 0.2) is 57.4 Å². The Labute approximate surface area is 203 Å². The van der Waals surface area contributed by atoms with Crippen LogP contribution in [-0.4, -0.2) is 15.6 Å². The van der Waals surface area contributed by atoms with Crippen molar-refractivity contribution < 1.29 is 9.59 Å². The first-order chi connectivity index (χ1) is 15.0. The zero-order valence-corrected chi connectivity index (χ0v) is 22.1. The first-order valence-corrected chi connectivity index (χ1v) is 13.5. The van der Waals surface area contributed by atoms with Crippen LogP contribution in [-0.2, 0) is 9.59 Å². The monoisotopic (exact) mass is 470 g/mol. The van der Waals surface area contributed by atoms with Gasteiger partial charge in [0.05, 0.1) is 4.91 Å². The van der Waals surface area contributed by atoms with Crippen LogP contribution in [0.5, 0.6) is 0 Å². The molecule has 32 heavy (non-hydrogen) atoms. The molecule has 0 amide bonds. The zero-order valence-electron chi connectivity index (χ0n) is 20.5. The molecule has 1 aromatic carbocycles. The molecule has 1 saturated carbocycles. The van der Waals surface area contributed by atoms with Crippen molar-refractivity contribution in [1.29, 1.82) is 0 Å². The van der Waals surface area contributed by atoms with E-state index in [1.54, 1.807) is 11.8 Å². The minimum atomic E-state index is -0.0825. The summed E-state index contributed by atoms with van der Waals surface area (Å²) < 4.78 is -0.0825. The second-order valence-electron chi connectivity index (χ2n) is 10.7. The molecule has 0 N–H and O–H groups in total. The number of hydrogen-bond donors (Lipinski definition) is 0. The Morgan fingerprint density at radius 2 is 1.88 bits per heavy atom. The second-order valence-corrected chi connectivity index (χ2v) is 13.6. The van der Waals surface area contributed by atoms with Gasteiger partial charge in [-0.25, -0.2) is 0 Å². The molecule has 2 aliphatic rings. The van der Waals surface area contributed by atoms with Crippen molar-refractivity contribution in [3.05, 3.63) is 52.5 Å². The summed E-state index contributed by atoms with van der Waals surface area (Å²) in [5, 5.41) is 0.335. The van der Waals surface area contributed by atoms with Gasteiger partial charge in [0.2, 0.25) is 0 Å². The fourth-order valence-corrected chi connectivity index (χ4v) is 7.51. The standard InChI is InChI=1S/C28H38O2S2/c1-19(2)11-10-14-21(26(30)32-27(3,4)5)22-15-16-23-25(24(29)17-18-28(22,23)6)31-20-12-8-7-9-13-20/h7-9,11-13,21-22H,10,14-18H2,1-6H3/t21-,22-,28-/m1/s1. The van der Waals surface area contributed by atoms with Gasteiger partial charge in [-0.15, -0.1) is 0 Å². The first kappa shape index (κ1) is 25.4. The summed E-state index contributed by atoms with van der Waals surface area (Å²) in [6.07, 6.45) is 7.51. The van der Waals surface area contributed by atoms with Crippen LogP contribution in [0.25, 0.3) is 0 Å². The average Bonchev–Trinajstić information content (AvgIpc) is 3.04. The van der Waals surface area contributed by atoms with Gasteiger partial charge >= 0.3 is 0 Å². The Morgan fingerprint density at radius 1 is 1.19 bits per heavy atom. The number of allylic oxidation sites excluding steroid dienone is 4. The number of benzene rings is 1. The predicted octanol–water partition coefficient (Wildman–Crippen LogP) is 8.23. The Kier molecular flexibility index (Phi) is 8.20. The summed E-state index contributed by atoms with van der Waals surface area (Å²) in [6, 6.07) is 10.2. The van der Waals surface area contributed by atoms with Crippen molar-refractivity contribution in [2.24, 2.45) is 17.3 Å². The lowest BCUT2D eigenvalue weighted by molar-refractivity contribution is -0.118. The molecule has 0 saturated heterocycles. The number of fused-ring (bicyclic) bond motifs is 1. The van der Waals surface area contributed by atoms with Crippen molar-refractivity contribution in [2.45, 2.75) is 89.7 Å². The second kappa shape index (κ2) is 10.3. The van der Waals surface area contributed by atoms with Crippen LogP contribution >= 0.6 is 23.5 Å². The smallest absolute Gasteiger partial charge is 0.192 e. The van der Waals surface area contributed by atoms with Crippen LogP contribution in [0.1, 0.15) is 80.1 Å². The maximum absolute atomic E-state index is 13.5. The topological polar surface area (TPSA) is 34.1 Å². The van der Waals surface area contributed by atoms with Gasteiger partial charge in [-0.3, -0.25) is 9.59 Å². The van der Waals surface area contributed by atoms with Crippen LogP contribution in [0.3, 0.4) is 0 Å². The van der Waals surface area contributed by atoms with E-state index < -0.39 is 0 Å². The first-order valence-electron chi connectivity index (χ1n) is 11.9. The lowest BCUT2D eigenvalue weighted by atomic mass is 9.65. The third-order valence-corrected chi connectivity index (χ3v) is 9.10. The molecule has 3 rings (SSSR count). The lowest BCUT2D eigenvalue weighted by Gasteiger charge is -2.41. The van der Waals surface area contributed by atoms with E-state index in [2.05, 4.69) is 59.8 Å². The molecule has 0 aliphatic heterocycles. The van der Waals surface area contributed by atoms with E-state index in [-0.39, 0.29) is 21.9 Å². The minimum Gasteiger partial charge on any atom is -0.294 e. The minimum absolute atomic E-state index is 0.0357. The maximum Gasteiger partial charge on any atom is 0.192 e. The molecule has 0 heterocycles. The van der Waals surface area contributed by atoms with Gasteiger partial charge in [-0.2, -0.15) is 0 Å². The van der Waals surface area contributed by atoms with Crippen LogP contribution < -0.4 is 0 Å². The van der Waals surface area contributed by atoms with Crippen LogP contribution in [0, 0.1) is 17.3 Å². The molecule has 0 aromatic heterocycles. The molecule has 3 atom stereocenters. The number of carbonyl (C=O) groups excluding carboxylic acids is 2. The highest BCUT2D eigenvalue weighted by atomic mass is 32.2. The molecule has 2 aliphatic carbocycles. The highest BCUT2D eigenvalue weighted by molar-refractivity contribution is 8.14. The summed E-state index contributed by atoms with van der Waals surface area (Å²) in [4.78, 5) is 28.6. The molecule has 1 aromatic rings.